The summed E-state index contributed by atoms with van der Waals surface area (Å²) in [6.45, 7) is 2.34. The molecule has 7 nitrogen and oxygen atoms in total. The maximum atomic E-state index is 13.1. The third-order valence-electron chi connectivity index (χ3n) is 3.36. The van der Waals surface area contributed by atoms with Gasteiger partial charge in [-0.1, -0.05) is 0 Å². The molecule has 1 aromatic carbocycles. The maximum absolute atomic E-state index is 13.1. The molecule has 0 atom stereocenters. The quantitative estimate of drug-likeness (QED) is 0.801. The van der Waals surface area contributed by atoms with E-state index in [4.69, 9.17) is 5.73 Å². The molecule has 0 fully saturated rings. The van der Waals surface area contributed by atoms with E-state index in [2.05, 4.69) is 15.5 Å². The number of hydrogen-bond donors (Lipinski definition) is 2. The molecule has 0 spiro atoms. The zero-order chi connectivity index (χ0) is 14.8. The predicted octanol–water partition coefficient (Wildman–Crippen LogP) is 0.454. The first-order valence-electron chi connectivity index (χ1n) is 6.56. The minimum Gasteiger partial charge on any atom is -0.396 e. The van der Waals surface area contributed by atoms with Crippen LogP contribution in [0.5, 0.6) is 0 Å². The van der Waals surface area contributed by atoms with E-state index in [1.807, 2.05) is 9.47 Å². The van der Waals surface area contributed by atoms with Crippen molar-refractivity contribution >= 4 is 17.3 Å². The zero-order valence-corrected chi connectivity index (χ0v) is 11.3. The molecule has 1 aromatic heterocycles. The van der Waals surface area contributed by atoms with Crippen LogP contribution in [0, 0.1) is 5.82 Å². The number of anilines is 2. The Morgan fingerprint density at radius 3 is 3.10 bits per heavy atom. The van der Waals surface area contributed by atoms with Crippen LogP contribution in [-0.2, 0) is 17.9 Å². The number of aromatic nitrogens is 3. The Labute approximate surface area is 120 Å². The summed E-state index contributed by atoms with van der Waals surface area (Å²) in [4.78, 5) is 14.0. The number of nitrogens with one attached hydrogen (secondary N) is 1. The topological polar surface area (TPSA) is 89.1 Å². The number of fused-ring (bicyclic) bond motifs is 1. The van der Waals surface area contributed by atoms with Crippen LogP contribution in [0.15, 0.2) is 24.5 Å². The van der Waals surface area contributed by atoms with Crippen molar-refractivity contribution in [2.75, 3.05) is 24.1 Å². The SMILES string of the molecule is Nc1cc(NC(=O)CN2CCn3cnnc3C2)ccc1F. The molecule has 0 radical (unpaired) electrons. The van der Waals surface area contributed by atoms with E-state index in [0.717, 1.165) is 18.9 Å². The number of amides is 1. The lowest BCUT2D eigenvalue weighted by atomic mass is 10.2. The summed E-state index contributed by atoms with van der Waals surface area (Å²) in [5.74, 6) is 0.178. The van der Waals surface area contributed by atoms with E-state index in [1.54, 1.807) is 6.33 Å². The van der Waals surface area contributed by atoms with Crippen molar-refractivity contribution in [1.82, 2.24) is 19.7 Å². The molecule has 8 heteroatoms. The average Bonchev–Trinajstić information content (AvgIpc) is 2.90. The van der Waals surface area contributed by atoms with Gasteiger partial charge >= 0.3 is 0 Å². The van der Waals surface area contributed by atoms with E-state index in [0.29, 0.717) is 12.2 Å². The maximum Gasteiger partial charge on any atom is 0.238 e. The highest BCUT2D eigenvalue weighted by Gasteiger charge is 2.19. The molecule has 0 bridgehead atoms. The molecule has 0 saturated carbocycles. The van der Waals surface area contributed by atoms with Crippen molar-refractivity contribution in [3.63, 3.8) is 0 Å². The molecule has 0 unspecified atom stereocenters. The summed E-state index contributed by atoms with van der Waals surface area (Å²) in [5.41, 5.74) is 5.97. The van der Waals surface area contributed by atoms with Gasteiger partial charge in [-0.05, 0) is 18.2 Å². The normalized spacial score (nSPS) is 14.7. The van der Waals surface area contributed by atoms with Crippen LogP contribution in [0.3, 0.4) is 0 Å². The van der Waals surface area contributed by atoms with Gasteiger partial charge in [0.25, 0.3) is 0 Å². The largest absolute Gasteiger partial charge is 0.396 e. The molecule has 2 heterocycles. The molecule has 1 amide bonds. The summed E-state index contributed by atoms with van der Waals surface area (Å²) in [6.07, 6.45) is 1.69. The van der Waals surface area contributed by atoms with Crippen molar-refractivity contribution in [3.8, 4) is 0 Å². The van der Waals surface area contributed by atoms with E-state index >= 15 is 0 Å². The number of hydrogen-bond acceptors (Lipinski definition) is 5. The number of nitrogens with zero attached hydrogens (tertiary/aromatic N) is 4. The highest BCUT2D eigenvalue weighted by atomic mass is 19.1. The van der Waals surface area contributed by atoms with Gasteiger partial charge in [0, 0.05) is 18.8 Å². The Hall–Kier alpha value is -2.48. The summed E-state index contributed by atoms with van der Waals surface area (Å²) < 4.78 is 15.0. The number of rotatable bonds is 3. The van der Waals surface area contributed by atoms with Gasteiger partial charge < -0.3 is 15.6 Å². The predicted molar refractivity (Wildman–Crippen MR) is 74.7 cm³/mol. The summed E-state index contributed by atoms with van der Waals surface area (Å²) in [6, 6.07) is 4.12. The third kappa shape index (κ3) is 3.00. The monoisotopic (exact) mass is 290 g/mol. The van der Waals surface area contributed by atoms with Crippen LogP contribution in [0.25, 0.3) is 0 Å². The number of carbonyl (C=O) groups excluding carboxylic acids is 1. The van der Waals surface area contributed by atoms with Crippen LogP contribution in [0.1, 0.15) is 5.82 Å². The summed E-state index contributed by atoms with van der Waals surface area (Å²) in [7, 11) is 0. The van der Waals surface area contributed by atoms with Gasteiger partial charge in [-0.2, -0.15) is 0 Å². The summed E-state index contributed by atoms with van der Waals surface area (Å²) in [5, 5.41) is 10.5. The smallest absolute Gasteiger partial charge is 0.238 e. The Morgan fingerprint density at radius 1 is 1.43 bits per heavy atom. The van der Waals surface area contributed by atoms with Crippen LogP contribution >= 0.6 is 0 Å². The number of nitrogens with two attached hydrogens (primary N) is 1. The van der Waals surface area contributed by atoms with E-state index in [-0.39, 0.29) is 18.1 Å². The highest BCUT2D eigenvalue weighted by Crippen LogP contribution is 2.16. The van der Waals surface area contributed by atoms with E-state index < -0.39 is 5.82 Å². The highest BCUT2D eigenvalue weighted by molar-refractivity contribution is 5.92. The fourth-order valence-corrected chi connectivity index (χ4v) is 2.28. The lowest BCUT2D eigenvalue weighted by Gasteiger charge is -2.26. The number of nitrogen functional groups attached to an aromatic ring is 1. The molecular formula is C13H15FN6O. The average molecular weight is 290 g/mol. The van der Waals surface area contributed by atoms with Gasteiger partial charge in [0.1, 0.15) is 18.0 Å². The van der Waals surface area contributed by atoms with Gasteiger partial charge in [0.15, 0.2) is 0 Å². The fraction of sp³-hybridized carbons (Fsp3) is 0.308. The second kappa shape index (κ2) is 5.49. The fourth-order valence-electron chi connectivity index (χ4n) is 2.28. The van der Waals surface area contributed by atoms with Crippen LogP contribution in [0.4, 0.5) is 15.8 Å². The minimum absolute atomic E-state index is 0.0128. The molecule has 110 valence electrons. The second-order valence-corrected chi connectivity index (χ2v) is 4.94. The van der Waals surface area contributed by atoms with Gasteiger partial charge in [-0.25, -0.2) is 4.39 Å². The number of halogens is 1. The molecule has 21 heavy (non-hydrogen) atoms. The van der Waals surface area contributed by atoms with Crippen molar-refractivity contribution in [1.29, 1.82) is 0 Å². The molecule has 2 aromatic rings. The van der Waals surface area contributed by atoms with Gasteiger partial charge in [0.05, 0.1) is 18.8 Å². The first-order valence-corrected chi connectivity index (χ1v) is 6.56. The number of benzene rings is 1. The van der Waals surface area contributed by atoms with Gasteiger partial charge in [0.2, 0.25) is 5.91 Å². The molecule has 3 rings (SSSR count). The van der Waals surface area contributed by atoms with Crippen LogP contribution in [0.2, 0.25) is 0 Å². The van der Waals surface area contributed by atoms with Crippen LogP contribution < -0.4 is 11.1 Å². The first kappa shape index (κ1) is 13.5. The molecule has 3 N–H and O–H groups in total. The molecule has 1 aliphatic heterocycles. The lowest BCUT2D eigenvalue weighted by molar-refractivity contribution is -0.117. The minimum atomic E-state index is -0.497. The third-order valence-corrected chi connectivity index (χ3v) is 3.36. The van der Waals surface area contributed by atoms with E-state index in [9.17, 15) is 9.18 Å². The second-order valence-electron chi connectivity index (χ2n) is 4.94. The molecule has 1 aliphatic rings. The first-order chi connectivity index (χ1) is 10.1. The Morgan fingerprint density at radius 2 is 2.29 bits per heavy atom. The molecule has 0 aliphatic carbocycles. The zero-order valence-electron chi connectivity index (χ0n) is 11.3. The Bertz CT molecular complexity index is 670. The standard InChI is InChI=1S/C13H15FN6O/c14-10-2-1-9(5-11(10)15)17-13(21)7-19-3-4-20-8-16-18-12(20)6-19/h1-2,5,8H,3-4,6-7,15H2,(H,17,21). The van der Waals surface area contributed by atoms with Crippen molar-refractivity contribution in [2.24, 2.45) is 0 Å². The van der Waals surface area contributed by atoms with Crippen LogP contribution in [-0.4, -0.2) is 38.7 Å². The Kier molecular flexibility index (Phi) is 3.53. The van der Waals surface area contributed by atoms with E-state index in [1.165, 1.54) is 18.2 Å². The molecule has 0 saturated heterocycles. The number of carbonyl (C=O) groups is 1. The molecular weight excluding hydrogens is 275 g/mol. The van der Waals surface area contributed by atoms with Crippen molar-refractivity contribution in [2.45, 2.75) is 13.1 Å². The summed E-state index contributed by atoms with van der Waals surface area (Å²) >= 11 is 0. The van der Waals surface area contributed by atoms with Crippen molar-refractivity contribution in [3.05, 3.63) is 36.2 Å². The van der Waals surface area contributed by atoms with Gasteiger partial charge in [-0.15, -0.1) is 10.2 Å². The lowest BCUT2D eigenvalue weighted by Crippen LogP contribution is -2.39. The van der Waals surface area contributed by atoms with Crippen molar-refractivity contribution < 1.29 is 9.18 Å². The Balaban J connectivity index is 1.58. The van der Waals surface area contributed by atoms with Gasteiger partial charge in [-0.3, -0.25) is 9.69 Å².